The first-order valence-electron chi connectivity index (χ1n) is 8.37. The maximum Gasteiger partial charge on any atom is 0.226 e. The summed E-state index contributed by atoms with van der Waals surface area (Å²) in [5, 5.41) is 3.03. The summed E-state index contributed by atoms with van der Waals surface area (Å²) < 4.78 is 11.0. The summed E-state index contributed by atoms with van der Waals surface area (Å²) in [4.78, 5) is 12.4. The maximum absolute atomic E-state index is 12.4. The Labute approximate surface area is 142 Å². The number of carbonyl (C=O) groups is 1. The van der Waals surface area contributed by atoms with E-state index in [2.05, 4.69) is 17.4 Å². The van der Waals surface area contributed by atoms with Crippen molar-refractivity contribution in [3.8, 4) is 11.5 Å². The minimum Gasteiger partial charge on any atom is -0.497 e. The average Bonchev–Trinajstić information content (AvgIpc) is 2.65. The molecule has 3 rings (SSSR count). The molecule has 2 aromatic rings. The summed E-state index contributed by atoms with van der Waals surface area (Å²) in [7, 11) is 1.64. The molecule has 4 nitrogen and oxygen atoms in total. The molecule has 2 aromatic carbocycles. The molecule has 0 radical (unpaired) electrons. The predicted octanol–water partition coefficient (Wildman–Crippen LogP) is 3.00. The van der Waals surface area contributed by atoms with E-state index in [-0.39, 0.29) is 11.8 Å². The molecule has 0 unspecified atom stereocenters. The van der Waals surface area contributed by atoms with Gasteiger partial charge in [-0.2, -0.15) is 0 Å². The van der Waals surface area contributed by atoms with Crippen molar-refractivity contribution >= 4 is 5.91 Å². The highest BCUT2D eigenvalue weighted by Gasteiger charge is 2.26. The fourth-order valence-corrected chi connectivity index (χ4v) is 2.96. The molecule has 1 N–H and O–H groups in total. The van der Waals surface area contributed by atoms with Crippen LogP contribution in [0.1, 0.15) is 17.5 Å². The van der Waals surface area contributed by atoms with Crippen molar-refractivity contribution in [1.82, 2.24) is 5.32 Å². The number of aryl methyl sites for hydroxylation is 1. The molecule has 24 heavy (non-hydrogen) atoms. The van der Waals surface area contributed by atoms with Crippen molar-refractivity contribution in [1.29, 1.82) is 0 Å². The zero-order chi connectivity index (χ0) is 16.8. The molecule has 0 saturated heterocycles. The topological polar surface area (TPSA) is 47.6 Å². The van der Waals surface area contributed by atoms with Crippen LogP contribution in [0, 0.1) is 5.92 Å². The van der Waals surface area contributed by atoms with Crippen molar-refractivity contribution < 1.29 is 14.3 Å². The number of methoxy groups -OCH3 is 1. The molecule has 0 spiro atoms. The van der Waals surface area contributed by atoms with Crippen LogP contribution < -0.4 is 14.8 Å². The van der Waals surface area contributed by atoms with Gasteiger partial charge in [0.15, 0.2) is 0 Å². The lowest BCUT2D eigenvalue weighted by molar-refractivity contribution is -0.126. The van der Waals surface area contributed by atoms with E-state index in [1.165, 1.54) is 5.56 Å². The highest BCUT2D eigenvalue weighted by atomic mass is 16.5. The monoisotopic (exact) mass is 325 g/mol. The molecule has 1 heterocycles. The number of hydrogen-bond acceptors (Lipinski definition) is 3. The normalized spacial score (nSPS) is 16.0. The van der Waals surface area contributed by atoms with Crippen molar-refractivity contribution in [2.75, 3.05) is 20.3 Å². The third-order valence-electron chi connectivity index (χ3n) is 4.33. The van der Waals surface area contributed by atoms with Gasteiger partial charge < -0.3 is 14.8 Å². The maximum atomic E-state index is 12.4. The Hall–Kier alpha value is -2.49. The largest absolute Gasteiger partial charge is 0.497 e. The van der Waals surface area contributed by atoms with Crippen LogP contribution >= 0.6 is 0 Å². The molecule has 0 saturated carbocycles. The molecule has 0 aliphatic carbocycles. The smallest absolute Gasteiger partial charge is 0.226 e. The van der Waals surface area contributed by atoms with E-state index in [1.807, 2.05) is 36.4 Å². The summed E-state index contributed by atoms with van der Waals surface area (Å²) >= 11 is 0. The molecular weight excluding hydrogens is 302 g/mol. The van der Waals surface area contributed by atoms with E-state index in [9.17, 15) is 4.79 Å². The summed E-state index contributed by atoms with van der Waals surface area (Å²) in [5.74, 6) is 1.57. The number of fused-ring (bicyclic) bond motifs is 1. The molecule has 126 valence electrons. The Morgan fingerprint density at radius 3 is 2.88 bits per heavy atom. The minimum absolute atomic E-state index is 0.0662. The average molecular weight is 325 g/mol. The number of rotatable bonds is 6. The molecule has 1 atom stereocenters. The lowest BCUT2D eigenvalue weighted by atomic mass is 9.95. The van der Waals surface area contributed by atoms with E-state index in [0.29, 0.717) is 19.6 Å². The van der Waals surface area contributed by atoms with Gasteiger partial charge in [-0.05, 0) is 48.6 Å². The molecular formula is C20H23NO3. The van der Waals surface area contributed by atoms with Crippen molar-refractivity contribution in [3.05, 3.63) is 59.7 Å². The molecule has 0 aromatic heterocycles. The van der Waals surface area contributed by atoms with Crippen molar-refractivity contribution in [3.63, 3.8) is 0 Å². The van der Waals surface area contributed by atoms with Gasteiger partial charge in [0.1, 0.15) is 18.1 Å². The van der Waals surface area contributed by atoms with Crippen LogP contribution in [-0.2, 0) is 17.6 Å². The van der Waals surface area contributed by atoms with Gasteiger partial charge in [-0.1, -0.05) is 30.3 Å². The summed E-state index contributed by atoms with van der Waals surface area (Å²) in [6.07, 6.45) is 2.60. The van der Waals surface area contributed by atoms with Gasteiger partial charge in [-0.15, -0.1) is 0 Å². The van der Waals surface area contributed by atoms with E-state index in [0.717, 1.165) is 29.9 Å². The van der Waals surface area contributed by atoms with Crippen LogP contribution in [0.5, 0.6) is 11.5 Å². The van der Waals surface area contributed by atoms with E-state index < -0.39 is 0 Å². The van der Waals surface area contributed by atoms with Crippen molar-refractivity contribution in [2.45, 2.75) is 19.3 Å². The number of amides is 1. The van der Waals surface area contributed by atoms with Gasteiger partial charge in [-0.3, -0.25) is 4.79 Å². The lowest BCUT2D eigenvalue weighted by Gasteiger charge is -2.25. The minimum atomic E-state index is -0.138. The summed E-state index contributed by atoms with van der Waals surface area (Å²) in [5.41, 5.74) is 2.33. The van der Waals surface area contributed by atoms with Gasteiger partial charge >= 0.3 is 0 Å². The number of ether oxygens (including phenoxy) is 2. The number of carbonyl (C=O) groups excluding carboxylic acids is 1. The highest BCUT2D eigenvalue weighted by molar-refractivity contribution is 5.79. The van der Waals surface area contributed by atoms with Crippen LogP contribution in [0.2, 0.25) is 0 Å². The van der Waals surface area contributed by atoms with Crippen LogP contribution in [-0.4, -0.2) is 26.2 Å². The fourth-order valence-electron chi connectivity index (χ4n) is 2.96. The zero-order valence-corrected chi connectivity index (χ0v) is 14.0. The quantitative estimate of drug-likeness (QED) is 0.831. The third-order valence-corrected chi connectivity index (χ3v) is 4.33. The van der Waals surface area contributed by atoms with Crippen LogP contribution in [0.25, 0.3) is 0 Å². The summed E-state index contributed by atoms with van der Waals surface area (Å²) in [6.45, 7) is 1.12. The Balaban J connectivity index is 1.47. The Bertz CT molecular complexity index is 685. The zero-order valence-electron chi connectivity index (χ0n) is 14.0. The Morgan fingerprint density at radius 1 is 1.25 bits per heavy atom. The van der Waals surface area contributed by atoms with Gasteiger partial charge in [-0.25, -0.2) is 0 Å². The highest BCUT2D eigenvalue weighted by Crippen LogP contribution is 2.30. The van der Waals surface area contributed by atoms with Gasteiger partial charge in [0.05, 0.1) is 13.0 Å². The molecule has 0 bridgehead atoms. The second-order valence-electron chi connectivity index (χ2n) is 6.07. The SMILES string of the molecule is COc1ccc2c(c1)C[C@@H](C(=O)NCCCc1ccccc1)CO2. The van der Waals surface area contributed by atoms with Gasteiger partial charge in [0.2, 0.25) is 5.91 Å². The number of hydrogen-bond donors (Lipinski definition) is 1. The van der Waals surface area contributed by atoms with Gasteiger partial charge in [0, 0.05) is 6.54 Å². The second-order valence-corrected chi connectivity index (χ2v) is 6.07. The third kappa shape index (κ3) is 4.07. The number of nitrogens with one attached hydrogen (secondary N) is 1. The molecule has 0 fully saturated rings. The van der Waals surface area contributed by atoms with Crippen molar-refractivity contribution in [2.24, 2.45) is 5.92 Å². The van der Waals surface area contributed by atoms with Gasteiger partial charge in [0.25, 0.3) is 0 Å². The first kappa shape index (κ1) is 16.4. The Kier molecular flexibility index (Phi) is 5.36. The van der Waals surface area contributed by atoms with Crippen LogP contribution in [0.4, 0.5) is 0 Å². The van der Waals surface area contributed by atoms with Crippen LogP contribution in [0.15, 0.2) is 48.5 Å². The molecule has 1 aliphatic heterocycles. The standard InChI is InChI=1S/C20H23NO3/c1-23-18-9-10-19-16(13-18)12-17(14-24-19)20(22)21-11-5-8-15-6-3-2-4-7-15/h2-4,6-7,9-10,13,17H,5,8,11-12,14H2,1H3,(H,21,22)/t17-/m1/s1. The summed E-state index contributed by atoms with van der Waals surface area (Å²) in [6, 6.07) is 16.1. The van der Waals surface area contributed by atoms with E-state index >= 15 is 0 Å². The predicted molar refractivity (Wildman–Crippen MR) is 93.5 cm³/mol. The lowest BCUT2D eigenvalue weighted by Crippen LogP contribution is -2.37. The first-order chi connectivity index (χ1) is 11.8. The van der Waals surface area contributed by atoms with E-state index in [1.54, 1.807) is 7.11 Å². The fraction of sp³-hybridized carbons (Fsp3) is 0.350. The van der Waals surface area contributed by atoms with E-state index in [4.69, 9.17) is 9.47 Å². The number of benzene rings is 2. The molecule has 1 aliphatic rings. The molecule has 1 amide bonds. The second kappa shape index (κ2) is 7.86. The van der Waals surface area contributed by atoms with Crippen LogP contribution in [0.3, 0.4) is 0 Å². The molecule has 4 heteroatoms. The first-order valence-corrected chi connectivity index (χ1v) is 8.37. The Morgan fingerprint density at radius 2 is 2.08 bits per heavy atom.